The van der Waals surface area contributed by atoms with Crippen LogP contribution in [0.3, 0.4) is 0 Å². The molecule has 131 heavy (non-hydrogen) atoms. The van der Waals surface area contributed by atoms with E-state index in [1.54, 1.807) is 126 Å². The smallest absolute Gasteiger partial charge is 0.416 e. The summed E-state index contributed by atoms with van der Waals surface area (Å²) in [6.45, 7) is 5.09. The molecule has 11 aliphatic heterocycles. The number of furan rings is 1. The van der Waals surface area contributed by atoms with E-state index < -0.39 is 11.7 Å². The summed E-state index contributed by atoms with van der Waals surface area (Å²) in [7, 11) is 5.63. The van der Waals surface area contributed by atoms with E-state index in [1.165, 1.54) is 34.5 Å². The Hall–Kier alpha value is -9.31. The van der Waals surface area contributed by atoms with Crippen molar-refractivity contribution in [2.24, 2.45) is 0 Å². The first-order valence-corrected chi connectivity index (χ1v) is 50.9. The van der Waals surface area contributed by atoms with E-state index in [-0.39, 0.29) is 74.9 Å². The van der Waals surface area contributed by atoms with Crippen LogP contribution < -0.4 is 23.8 Å². The Kier molecular flexibility index (Phi) is 32.7. The van der Waals surface area contributed by atoms with Gasteiger partial charge in [-0.05, 0) is 171 Å². The Bertz CT molecular complexity index is 6550. The molecular formula is C98H76Cl4F3NO16S9. The second-order valence-electron chi connectivity index (χ2n) is 29.9. The number of thioether (sulfide) groups is 9. The number of hydrogen-bond acceptors (Lipinski definition) is 26. The molecule has 23 rings (SSSR count). The minimum Gasteiger partial charge on any atom is -0.497 e. The van der Waals surface area contributed by atoms with Gasteiger partial charge in [0, 0.05) is 143 Å². The Morgan fingerprint density at radius 1 is 0.374 bits per heavy atom. The number of hydrogen-bond donors (Lipinski definition) is 0. The van der Waals surface area contributed by atoms with Crippen LogP contribution in [0.2, 0.25) is 20.1 Å². The average Bonchev–Trinajstić information content (AvgIpc) is 1.69. The summed E-state index contributed by atoms with van der Waals surface area (Å²) in [6.07, 6.45) is -1.11. The van der Waals surface area contributed by atoms with Gasteiger partial charge in [-0.2, -0.15) is 13.2 Å². The van der Waals surface area contributed by atoms with Crippen LogP contribution in [0.1, 0.15) is 150 Å². The zero-order chi connectivity index (χ0) is 93.2. The van der Waals surface area contributed by atoms with Crippen LogP contribution in [0, 0.1) is 13.8 Å². The molecule has 0 N–H and O–H groups in total. The summed E-state index contributed by atoms with van der Waals surface area (Å²) < 4.78 is 63.9. The number of alkyl halides is 3. The third-order valence-corrected chi connectivity index (χ3v) is 32.0. The van der Waals surface area contributed by atoms with Gasteiger partial charge in [0.15, 0.2) is 63.6 Å². The highest BCUT2D eigenvalue weighted by atomic mass is 35.5. The van der Waals surface area contributed by atoms with Gasteiger partial charge < -0.3 is 28.3 Å². The number of halogens is 7. The fourth-order valence-electron chi connectivity index (χ4n) is 14.3. The van der Waals surface area contributed by atoms with Gasteiger partial charge in [-0.15, -0.1) is 106 Å². The van der Waals surface area contributed by atoms with E-state index >= 15 is 0 Å². The number of carbonyl (C=O) groups excluding carboxylic acids is 11. The van der Waals surface area contributed by atoms with E-state index in [2.05, 4.69) is 12.1 Å². The van der Waals surface area contributed by atoms with Crippen LogP contribution in [0.15, 0.2) is 230 Å². The van der Waals surface area contributed by atoms with Crippen molar-refractivity contribution in [1.29, 1.82) is 0 Å². The molecule has 0 amide bonds. The Balaban J connectivity index is 0.000000118. The highest BCUT2D eigenvalue weighted by molar-refractivity contribution is 8.02. The van der Waals surface area contributed by atoms with E-state index in [0.29, 0.717) is 144 Å². The Morgan fingerprint density at radius 3 is 1.40 bits per heavy atom. The second kappa shape index (κ2) is 43.8. The largest absolute Gasteiger partial charge is 0.497 e. The summed E-state index contributed by atoms with van der Waals surface area (Å²) in [5.41, 5.74) is 11.6. The van der Waals surface area contributed by atoms with Crippen LogP contribution >= 0.6 is 152 Å². The molecule has 33 heteroatoms. The first-order chi connectivity index (χ1) is 62.8. The molecule has 12 aromatic rings. The maximum atomic E-state index is 12.3. The van der Waals surface area contributed by atoms with Crippen LogP contribution in [0.25, 0.3) is 21.9 Å². The molecule has 0 radical (unpaired) electrons. The van der Waals surface area contributed by atoms with Crippen LogP contribution in [0.5, 0.6) is 23.0 Å². The summed E-state index contributed by atoms with van der Waals surface area (Å²) in [4.78, 5) is 136. The molecule has 0 saturated carbocycles. The van der Waals surface area contributed by atoms with E-state index in [1.807, 2.05) is 154 Å². The fourth-order valence-corrected chi connectivity index (χ4v) is 23.9. The third-order valence-electron chi connectivity index (χ3n) is 21.2. The van der Waals surface area contributed by atoms with Crippen LogP contribution in [0.4, 0.5) is 18.9 Å². The fraction of sp³-hybridized carbons (Fsp3) is 0.214. The summed E-state index contributed by atoms with van der Waals surface area (Å²) in [6, 6.07) is 54.3. The molecule has 11 aromatic carbocycles. The van der Waals surface area contributed by atoms with E-state index in [4.69, 9.17) is 69.8 Å². The summed E-state index contributed by atoms with van der Waals surface area (Å²) >= 11 is 37.6. The lowest BCUT2D eigenvalue weighted by molar-refractivity contribution is -0.137. The number of para-hydroxylation sites is 1. The number of nitrogens with zero attached hydrogens (tertiary/aromatic N) is 1. The molecule has 1 aromatic heterocycles. The molecule has 11 aliphatic rings. The van der Waals surface area contributed by atoms with Gasteiger partial charge in [-0.3, -0.25) is 52.7 Å². The lowest BCUT2D eigenvalue weighted by atomic mass is 9.98. The van der Waals surface area contributed by atoms with Crippen molar-refractivity contribution in [3.8, 4) is 23.0 Å². The molecule has 17 nitrogen and oxygen atoms in total. The molecule has 0 aliphatic carbocycles. The Morgan fingerprint density at radius 2 is 0.840 bits per heavy atom. The predicted octanol–water partition coefficient (Wildman–Crippen LogP) is 26.0. The highest BCUT2D eigenvalue weighted by Gasteiger charge is 2.35. The minimum atomic E-state index is -4.37. The number of anilines is 1. The van der Waals surface area contributed by atoms with Crippen molar-refractivity contribution < 1.29 is 89.3 Å². The molecule has 0 unspecified atom stereocenters. The molecule has 0 fully saturated rings. The van der Waals surface area contributed by atoms with E-state index in [9.17, 15) is 65.9 Å². The number of fused-ring (bicyclic) bond motifs is 14. The number of benzene rings is 11. The van der Waals surface area contributed by atoms with Gasteiger partial charge in [0.05, 0.1) is 111 Å². The summed E-state index contributed by atoms with van der Waals surface area (Å²) in [5.74, 6) is 8.23. The standard InChI is InChI=1S/C15H10O3.C12H10O4.C10H11NOS.C9H6Cl2OS.C9H7ClOS.C9H5F3OS.C9H8O2S.C9H8OS2.C8H5ClOS.C8H6OS/c16-12-5-6-17-14-7-10-9-3-1-2-4-13(9)18-15(10)8-11(12)14;13-9-1-3-15-11-6-8-10(14)2-4-16-12(8)5-7(9)11;1-11(2)7-3-4-8-9(12)6-13-10(8)5-7;1-4-5(10)2-6(11)9-8(4)7(12)3-13-9;1-5-2-3-6(10)8-7(11)4-12-9(5)8;10-9(11,12)5-1-2-8-6(3-5)7(13)4-14-8;2*1-11-6-2-3-7-8(10)5-12-9(7)4-6;9-5-1-2-8-6(3-5)7(10)4-11-8;9-7-5-10-8-4-2-1-3-6(7)8/h1-4,7-8H,5-6H2;5-6H,1-4H2;3-5H,6H2,1-2H3;2H,3H2,1H3;2-3H,4H2,1H3;1-3H,4H2;2*2-4H,5H2,1H3;1-3H,4H2;1-4H,5H2. The van der Waals surface area contributed by atoms with Crippen molar-refractivity contribution in [2.45, 2.75) is 83.3 Å². The maximum Gasteiger partial charge on any atom is 0.416 e. The van der Waals surface area contributed by atoms with Gasteiger partial charge in [0.25, 0.3) is 0 Å². The zero-order valence-electron chi connectivity index (χ0n) is 70.5. The second-order valence-corrected chi connectivity index (χ2v) is 40.5. The van der Waals surface area contributed by atoms with E-state index in [0.717, 1.165) is 124 Å². The van der Waals surface area contributed by atoms with Gasteiger partial charge >= 0.3 is 6.18 Å². The van der Waals surface area contributed by atoms with Crippen molar-refractivity contribution in [2.75, 3.05) is 98.2 Å². The normalized spacial score (nSPS) is 15.4. The van der Waals surface area contributed by atoms with Crippen molar-refractivity contribution >= 4 is 244 Å². The molecular weight excluding hydrogens is 1930 g/mol. The first kappa shape index (κ1) is 97.7. The molecule has 0 bridgehead atoms. The molecule has 0 saturated heterocycles. The van der Waals surface area contributed by atoms with Gasteiger partial charge in [0.2, 0.25) is 0 Å². The quantitative estimate of drug-likeness (QED) is 0.149. The monoisotopic (exact) mass is 2010 g/mol. The summed E-state index contributed by atoms with van der Waals surface area (Å²) in [5, 5.41) is 4.43. The minimum absolute atomic E-state index is 0.0469. The Labute approximate surface area is 810 Å². The van der Waals surface area contributed by atoms with Crippen molar-refractivity contribution in [1.82, 2.24) is 0 Å². The molecule has 0 atom stereocenters. The first-order valence-electron chi connectivity index (χ1n) is 40.3. The number of aryl methyl sites for hydroxylation is 1. The van der Waals surface area contributed by atoms with Crippen LogP contribution in [-0.4, -0.2) is 157 Å². The molecule has 12 heterocycles. The number of Topliss-reactive ketones (excluding diaryl/α,β-unsaturated/α-hetero) is 11. The molecule has 672 valence electrons. The average molecular weight is 2010 g/mol. The highest BCUT2D eigenvalue weighted by Crippen LogP contribution is 2.46. The number of methoxy groups -OCH3 is 1. The topological polar surface area (TPSA) is 241 Å². The van der Waals surface area contributed by atoms with Gasteiger partial charge in [0.1, 0.15) is 34.2 Å². The predicted molar refractivity (Wildman–Crippen MR) is 523 cm³/mol. The SMILES string of the molecule is CN(C)c1ccc2c(c1)SCC2=O.COc1ccc2c(c1)SCC2=O.CSc1ccc2c(c1)SCC2=O.Cc1c(Cl)cc(Cl)c2c1C(=O)CS2.Cc1ccc(Cl)c2c1SCC2=O.O=C1CCOc2cc3c(cc21)OCCC3=O.O=C1CCOc2cc3c(cc21)oc1ccccc13.O=C1CSc2ccc(C(F)(F)F)cc21.O=C1CSc2ccc(Cl)cc21.O=C1CSc2ccccc21. The maximum absolute atomic E-state index is 12.3. The lowest BCUT2D eigenvalue weighted by Gasteiger charge is -2.21. The third kappa shape index (κ3) is 23.2. The number of ether oxygens (including phenoxy) is 4. The van der Waals surface area contributed by atoms with Crippen molar-refractivity contribution in [3.63, 3.8) is 0 Å². The number of ketones is 11. The van der Waals surface area contributed by atoms with Gasteiger partial charge in [-0.25, -0.2) is 0 Å². The van der Waals surface area contributed by atoms with Gasteiger partial charge in [-0.1, -0.05) is 88.9 Å². The van der Waals surface area contributed by atoms with Crippen LogP contribution in [-0.2, 0) is 6.18 Å². The number of carbonyl (C=O) groups is 11. The van der Waals surface area contributed by atoms with Crippen molar-refractivity contribution in [3.05, 3.63) is 280 Å². The zero-order valence-corrected chi connectivity index (χ0v) is 80.9. The number of rotatable bonds is 3. The lowest BCUT2D eigenvalue weighted by Crippen LogP contribution is -2.20. The molecule has 0 spiro atoms.